The Bertz CT molecular complexity index is 786. The summed E-state index contributed by atoms with van der Waals surface area (Å²) in [6.07, 6.45) is 0. The molecular formula is C20H23N3O2S. The molecule has 2 aromatic carbocycles. The van der Waals surface area contributed by atoms with Crippen molar-refractivity contribution in [3.63, 3.8) is 0 Å². The second-order valence-electron chi connectivity index (χ2n) is 5.60. The molecular weight excluding hydrogens is 346 g/mol. The van der Waals surface area contributed by atoms with Crippen LogP contribution in [0.1, 0.15) is 13.8 Å². The number of ether oxygens (including phenoxy) is 1. The summed E-state index contributed by atoms with van der Waals surface area (Å²) in [7, 11) is 0. The fourth-order valence-electron chi connectivity index (χ4n) is 2.59. The zero-order valence-corrected chi connectivity index (χ0v) is 15.9. The maximum absolute atomic E-state index is 5.75. The first-order valence-electron chi connectivity index (χ1n) is 8.79. The number of hydrogen-bond acceptors (Lipinski definition) is 6. The van der Waals surface area contributed by atoms with Crippen molar-refractivity contribution in [2.24, 2.45) is 0 Å². The fourth-order valence-corrected chi connectivity index (χ4v) is 3.17. The molecule has 0 fully saturated rings. The molecule has 0 saturated carbocycles. The lowest BCUT2D eigenvalue weighted by molar-refractivity contribution is 0.343. The molecule has 3 aromatic rings. The number of aromatic nitrogens is 2. The molecule has 0 aliphatic carbocycles. The Morgan fingerprint density at radius 1 is 0.962 bits per heavy atom. The van der Waals surface area contributed by atoms with Crippen LogP contribution in [0.25, 0.3) is 11.5 Å². The van der Waals surface area contributed by atoms with Gasteiger partial charge < -0.3 is 14.1 Å². The first-order chi connectivity index (χ1) is 12.8. The third-order valence-corrected chi connectivity index (χ3v) is 4.75. The third kappa shape index (κ3) is 4.79. The van der Waals surface area contributed by atoms with E-state index in [1.165, 1.54) is 17.4 Å². The lowest BCUT2D eigenvalue weighted by Gasteiger charge is -2.20. The van der Waals surface area contributed by atoms with E-state index in [0.29, 0.717) is 17.7 Å². The number of nitrogens with zero attached hydrogens (tertiary/aromatic N) is 3. The Morgan fingerprint density at radius 2 is 1.69 bits per heavy atom. The normalized spacial score (nSPS) is 10.7. The first kappa shape index (κ1) is 18.3. The summed E-state index contributed by atoms with van der Waals surface area (Å²) in [5.41, 5.74) is 2.13. The molecule has 26 heavy (non-hydrogen) atoms. The van der Waals surface area contributed by atoms with E-state index in [-0.39, 0.29) is 0 Å². The minimum absolute atomic E-state index is 0.544. The highest BCUT2D eigenvalue weighted by Crippen LogP contribution is 2.25. The molecule has 0 bridgehead atoms. The second-order valence-corrected chi connectivity index (χ2v) is 6.65. The van der Waals surface area contributed by atoms with Gasteiger partial charge in [0.2, 0.25) is 5.89 Å². The number of thioether (sulfide) groups is 1. The molecule has 136 valence electrons. The Morgan fingerprint density at radius 3 is 2.38 bits per heavy atom. The maximum Gasteiger partial charge on any atom is 0.276 e. The van der Waals surface area contributed by atoms with Gasteiger partial charge in [0.25, 0.3) is 5.22 Å². The van der Waals surface area contributed by atoms with Crippen LogP contribution in [0.15, 0.2) is 64.2 Å². The zero-order valence-electron chi connectivity index (χ0n) is 15.1. The van der Waals surface area contributed by atoms with E-state index in [1.807, 2.05) is 42.5 Å². The van der Waals surface area contributed by atoms with Crippen molar-refractivity contribution >= 4 is 17.4 Å². The van der Waals surface area contributed by atoms with Crippen LogP contribution < -0.4 is 9.64 Å². The van der Waals surface area contributed by atoms with E-state index in [0.717, 1.165) is 30.2 Å². The zero-order chi connectivity index (χ0) is 18.2. The van der Waals surface area contributed by atoms with Crippen molar-refractivity contribution < 1.29 is 9.15 Å². The monoisotopic (exact) mass is 369 g/mol. The molecule has 5 nitrogen and oxygen atoms in total. The predicted molar refractivity (Wildman–Crippen MR) is 106 cm³/mol. The van der Waals surface area contributed by atoms with Crippen LogP contribution in [0.5, 0.6) is 5.75 Å². The summed E-state index contributed by atoms with van der Waals surface area (Å²) in [6.45, 7) is 6.87. The number of hydrogen-bond donors (Lipinski definition) is 0. The van der Waals surface area contributed by atoms with Crippen molar-refractivity contribution in [3.05, 3.63) is 54.6 Å². The fraction of sp³-hybridized carbons (Fsp3) is 0.300. The van der Waals surface area contributed by atoms with E-state index < -0.39 is 0 Å². The van der Waals surface area contributed by atoms with E-state index in [1.54, 1.807) is 0 Å². The highest BCUT2D eigenvalue weighted by molar-refractivity contribution is 7.99. The van der Waals surface area contributed by atoms with Crippen molar-refractivity contribution in [2.75, 3.05) is 30.3 Å². The molecule has 1 aromatic heterocycles. The molecule has 0 aliphatic rings. The molecule has 1 heterocycles. The summed E-state index contributed by atoms with van der Waals surface area (Å²) >= 11 is 1.50. The summed E-state index contributed by atoms with van der Waals surface area (Å²) in [5, 5.41) is 8.81. The summed E-state index contributed by atoms with van der Waals surface area (Å²) in [6, 6.07) is 18.0. The average molecular weight is 369 g/mol. The highest BCUT2D eigenvalue weighted by atomic mass is 32.2. The van der Waals surface area contributed by atoms with Gasteiger partial charge in [-0.3, -0.25) is 0 Å². The van der Waals surface area contributed by atoms with Crippen molar-refractivity contribution in [3.8, 4) is 17.2 Å². The molecule has 3 rings (SSSR count). The van der Waals surface area contributed by atoms with Gasteiger partial charge in [-0.15, -0.1) is 10.2 Å². The van der Waals surface area contributed by atoms with Crippen LogP contribution in [-0.2, 0) is 0 Å². The first-order valence-corrected chi connectivity index (χ1v) is 9.78. The van der Waals surface area contributed by atoms with Gasteiger partial charge in [0, 0.05) is 30.1 Å². The van der Waals surface area contributed by atoms with Crippen LogP contribution in [-0.4, -0.2) is 35.6 Å². The van der Waals surface area contributed by atoms with Gasteiger partial charge in [-0.05, 0) is 50.2 Å². The van der Waals surface area contributed by atoms with Gasteiger partial charge in [0.1, 0.15) is 5.75 Å². The van der Waals surface area contributed by atoms with Crippen molar-refractivity contribution in [1.29, 1.82) is 0 Å². The Hall–Kier alpha value is -2.47. The Balaban J connectivity index is 1.52. The van der Waals surface area contributed by atoms with Crippen LogP contribution >= 0.6 is 11.8 Å². The highest BCUT2D eigenvalue weighted by Gasteiger charge is 2.10. The Kier molecular flexibility index (Phi) is 6.55. The summed E-state index contributed by atoms with van der Waals surface area (Å²) in [4.78, 5) is 2.30. The van der Waals surface area contributed by atoms with Crippen molar-refractivity contribution in [2.45, 2.75) is 19.1 Å². The maximum atomic E-state index is 5.75. The van der Waals surface area contributed by atoms with Gasteiger partial charge in [0.05, 0.1) is 6.61 Å². The largest absolute Gasteiger partial charge is 0.493 e. The van der Waals surface area contributed by atoms with Crippen molar-refractivity contribution in [1.82, 2.24) is 10.2 Å². The van der Waals surface area contributed by atoms with Gasteiger partial charge in [-0.25, -0.2) is 0 Å². The van der Waals surface area contributed by atoms with Gasteiger partial charge in [-0.2, -0.15) is 0 Å². The predicted octanol–water partition coefficient (Wildman–Crippen LogP) is 4.75. The lowest BCUT2D eigenvalue weighted by Crippen LogP contribution is -2.21. The molecule has 6 heteroatoms. The van der Waals surface area contributed by atoms with E-state index in [2.05, 4.69) is 41.1 Å². The molecule has 0 radical (unpaired) electrons. The molecule has 0 unspecified atom stereocenters. The molecule has 0 spiro atoms. The number of anilines is 1. The van der Waals surface area contributed by atoms with Gasteiger partial charge in [-0.1, -0.05) is 30.0 Å². The van der Waals surface area contributed by atoms with Crippen LogP contribution in [0.3, 0.4) is 0 Å². The SMILES string of the molecule is CCN(CC)c1ccc(-c2nnc(SCCOc3ccccc3)o2)cc1. The molecule has 0 aliphatic heterocycles. The molecule has 0 saturated heterocycles. The van der Waals surface area contributed by atoms with Gasteiger partial charge in [0.15, 0.2) is 0 Å². The van der Waals surface area contributed by atoms with Crippen LogP contribution in [0.4, 0.5) is 5.69 Å². The van der Waals surface area contributed by atoms with Crippen LogP contribution in [0, 0.1) is 0 Å². The average Bonchev–Trinajstić information content (AvgIpc) is 3.17. The minimum Gasteiger partial charge on any atom is -0.493 e. The lowest BCUT2D eigenvalue weighted by atomic mass is 10.2. The van der Waals surface area contributed by atoms with Gasteiger partial charge >= 0.3 is 0 Å². The topological polar surface area (TPSA) is 51.4 Å². The second kappa shape index (κ2) is 9.29. The molecule has 0 atom stereocenters. The van der Waals surface area contributed by atoms with E-state index in [4.69, 9.17) is 9.15 Å². The molecule has 0 N–H and O–H groups in total. The van der Waals surface area contributed by atoms with E-state index >= 15 is 0 Å². The quantitative estimate of drug-likeness (QED) is 0.401. The number of rotatable bonds is 9. The minimum atomic E-state index is 0.544. The smallest absolute Gasteiger partial charge is 0.276 e. The molecule has 0 amide bonds. The number of benzene rings is 2. The van der Waals surface area contributed by atoms with Crippen LogP contribution in [0.2, 0.25) is 0 Å². The number of para-hydroxylation sites is 1. The summed E-state index contributed by atoms with van der Waals surface area (Å²) < 4.78 is 11.4. The van der Waals surface area contributed by atoms with E-state index in [9.17, 15) is 0 Å². The third-order valence-electron chi connectivity index (χ3n) is 3.97. The standard InChI is InChI=1S/C20H23N3O2S/c1-3-23(4-2)17-12-10-16(11-13-17)19-21-22-20(25-19)26-15-14-24-18-8-6-5-7-9-18/h5-13H,3-4,14-15H2,1-2H3. The summed E-state index contributed by atoms with van der Waals surface area (Å²) in [5.74, 6) is 2.16. The Labute approximate surface area is 158 Å².